The lowest BCUT2D eigenvalue weighted by Crippen LogP contribution is -2.30. The summed E-state index contributed by atoms with van der Waals surface area (Å²) in [6, 6.07) is 0. The first-order valence-corrected chi connectivity index (χ1v) is 42.9. The van der Waals surface area contributed by atoms with Gasteiger partial charge in [0.25, 0.3) is 0 Å². The summed E-state index contributed by atoms with van der Waals surface area (Å²) in [5.41, 5.74) is 0. The van der Waals surface area contributed by atoms with E-state index in [2.05, 4.69) is 48.5 Å². The van der Waals surface area contributed by atoms with E-state index >= 15 is 0 Å². The predicted molar refractivity (Wildman–Crippen MR) is 391 cm³/mol. The van der Waals surface area contributed by atoms with E-state index in [0.29, 0.717) is 25.7 Å². The summed E-state index contributed by atoms with van der Waals surface area (Å²) in [7, 11) is -9.91. The van der Waals surface area contributed by atoms with Gasteiger partial charge < -0.3 is 33.8 Å². The molecule has 0 bridgehead atoms. The molecular formula is C77H150O17P2. The molecule has 570 valence electrons. The number of phosphoric acid groups is 2. The van der Waals surface area contributed by atoms with Crippen LogP contribution in [0.1, 0.15) is 395 Å². The van der Waals surface area contributed by atoms with Crippen molar-refractivity contribution in [3.05, 3.63) is 0 Å². The van der Waals surface area contributed by atoms with Crippen LogP contribution in [0.4, 0.5) is 0 Å². The first-order valence-electron chi connectivity index (χ1n) is 39.9. The highest BCUT2D eigenvalue weighted by atomic mass is 31.2. The fourth-order valence-corrected chi connectivity index (χ4v) is 13.3. The molecule has 0 saturated heterocycles. The van der Waals surface area contributed by atoms with Gasteiger partial charge in [-0.3, -0.25) is 37.3 Å². The summed E-state index contributed by atoms with van der Waals surface area (Å²) in [4.78, 5) is 72.9. The van der Waals surface area contributed by atoms with Gasteiger partial charge in [0, 0.05) is 25.7 Å². The molecule has 0 aromatic carbocycles. The van der Waals surface area contributed by atoms with Crippen molar-refractivity contribution in [3.8, 4) is 0 Å². The molecule has 0 aromatic rings. The van der Waals surface area contributed by atoms with Crippen LogP contribution in [0, 0.1) is 17.8 Å². The average molecular weight is 1410 g/mol. The van der Waals surface area contributed by atoms with Crippen LogP contribution in [-0.4, -0.2) is 96.7 Å². The van der Waals surface area contributed by atoms with Crippen molar-refractivity contribution >= 4 is 39.5 Å². The molecule has 0 radical (unpaired) electrons. The number of hydrogen-bond acceptors (Lipinski definition) is 15. The molecule has 0 aromatic heterocycles. The van der Waals surface area contributed by atoms with E-state index in [1.807, 2.05) is 0 Å². The van der Waals surface area contributed by atoms with Gasteiger partial charge in [-0.2, -0.15) is 0 Å². The van der Waals surface area contributed by atoms with Crippen molar-refractivity contribution in [2.24, 2.45) is 17.8 Å². The molecule has 3 N–H and O–H groups in total. The Morgan fingerprint density at radius 3 is 0.792 bits per heavy atom. The zero-order chi connectivity index (χ0) is 70.9. The number of carbonyl (C=O) groups is 4. The Morgan fingerprint density at radius 1 is 0.302 bits per heavy atom. The molecule has 6 atom stereocenters. The van der Waals surface area contributed by atoms with E-state index in [0.717, 1.165) is 108 Å². The highest BCUT2D eigenvalue weighted by molar-refractivity contribution is 7.47. The monoisotopic (exact) mass is 1410 g/mol. The number of aliphatic hydroxyl groups excluding tert-OH is 1. The van der Waals surface area contributed by atoms with Crippen molar-refractivity contribution in [2.45, 2.75) is 414 Å². The van der Waals surface area contributed by atoms with Gasteiger partial charge in [-0.15, -0.1) is 0 Å². The maximum absolute atomic E-state index is 13.1. The van der Waals surface area contributed by atoms with E-state index in [4.69, 9.17) is 37.0 Å². The Labute approximate surface area is 588 Å². The fourth-order valence-electron chi connectivity index (χ4n) is 11.7. The number of rotatable bonds is 75. The molecule has 0 heterocycles. The van der Waals surface area contributed by atoms with Crippen LogP contribution in [0.15, 0.2) is 0 Å². The number of ether oxygens (including phenoxy) is 4. The second kappa shape index (κ2) is 67.5. The third kappa shape index (κ3) is 69.2. The Bertz CT molecular complexity index is 1870. The molecule has 17 nitrogen and oxygen atoms in total. The first-order chi connectivity index (χ1) is 46.3. The van der Waals surface area contributed by atoms with Crippen molar-refractivity contribution < 1.29 is 80.2 Å². The number of aliphatic hydroxyl groups is 1. The van der Waals surface area contributed by atoms with Crippen LogP contribution in [-0.2, 0) is 65.4 Å². The van der Waals surface area contributed by atoms with E-state index in [-0.39, 0.29) is 25.7 Å². The van der Waals surface area contributed by atoms with Crippen LogP contribution in [0.2, 0.25) is 0 Å². The lowest BCUT2D eigenvalue weighted by Gasteiger charge is -2.21. The zero-order valence-corrected chi connectivity index (χ0v) is 64.6. The highest BCUT2D eigenvalue weighted by Crippen LogP contribution is 2.45. The highest BCUT2D eigenvalue weighted by Gasteiger charge is 2.30. The molecular weight excluding hydrogens is 1260 g/mol. The number of carbonyl (C=O) groups excluding carboxylic acids is 4. The zero-order valence-electron chi connectivity index (χ0n) is 62.8. The van der Waals surface area contributed by atoms with Crippen LogP contribution in [0.5, 0.6) is 0 Å². The summed E-state index contributed by atoms with van der Waals surface area (Å²) in [6.45, 7) is 11.9. The minimum absolute atomic E-state index is 0.107. The molecule has 0 aliphatic rings. The van der Waals surface area contributed by atoms with Gasteiger partial charge in [-0.1, -0.05) is 344 Å². The summed E-state index contributed by atoms with van der Waals surface area (Å²) in [5, 5.41) is 10.6. The third-order valence-electron chi connectivity index (χ3n) is 18.2. The molecule has 0 amide bonds. The first kappa shape index (κ1) is 94.1. The van der Waals surface area contributed by atoms with E-state index < -0.39 is 97.5 Å². The molecule has 0 aliphatic carbocycles. The molecule has 0 spiro atoms. The lowest BCUT2D eigenvalue weighted by atomic mass is 9.99. The van der Waals surface area contributed by atoms with Crippen LogP contribution in [0.3, 0.4) is 0 Å². The standard InChI is InChI=1S/C77H150O17P2/c1-8-10-11-12-13-14-15-18-24-30-39-46-53-60-76(81)94-73(65-88-75(80)59-52-45-38-33-32-35-42-49-56-69(5)6)67-92-96(85,86)90-63-71(78)62-89-95(83,84)91-66-72(64-87-74(79)58-51-44-37-29-26-21-22-27-34-41-48-55-68(3)4)93-77(82)61-54-47-40-31-25-20-17-16-19-23-28-36-43-50-57-70(7)9-2/h68-73,78H,8-67H2,1-7H3,(H,83,84)(H,85,86)/t70?,71-,72-,73-/m1/s1. The second-order valence-corrected chi connectivity index (χ2v) is 31.8. The predicted octanol–water partition coefficient (Wildman–Crippen LogP) is 22.6. The maximum Gasteiger partial charge on any atom is 0.472 e. The van der Waals surface area contributed by atoms with Crippen LogP contribution >= 0.6 is 15.6 Å². The minimum atomic E-state index is -4.96. The van der Waals surface area contributed by atoms with E-state index in [1.165, 1.54) is 205 Å². The Kier molecular flexibility index (Phi) is 66.2. The topological polar surface area (TPSA) is 237 Å². The summed E-state index contributed by atoms with van der Waals surface area (Å²) in [5.74, 6) is 0.228. The Hall–Kier alpha value is -1.94. The molecule has 0 aliphatic heterocycles. The van der Waals surface area contributed by atoms with Gasteiger partial charge in [0.05, 0.1) is 26.4 Å². The largest absolute Gasteiger partial charge is 0.472 e. The molecule has 96 heavy (non-hydrogen) atoms. The molecule has 0 saturated carbocycles. The Morgan fingerprint density at radius 2 is 0.531 bits per heavy atom. The van der Waals surface area contributed by atoms with Gasteiger partial charge in [0.2, 0.25) is 0 Å². The van der Waals surface area contributed by atoms with Gasteiger partial charge in [0.1, 0.15) is 19.3 Å². The van der Waals surface area contributed by atoms with Crippen molar-refractivity contribution in [1.29, 1.82) is 0 Å². The maximum atomic E-state index is 13.1. The molecule has 3 unspecified atom stereocenters. The molecule has 19 heteroatoms. The van der Waals surface area contributed by atoms with Crippen LogP contribution < -0.4 is 0 Å². The number of unbranched alkanes of at least 4 members (excludes halogenated alkanes) is 42. The third-order valence-corrected chi connectivity index (χ3v) is 20.1. The van der Waals surface area contributed by atoms with Crippen molar-refractivity contribution in [1.82, 2.24) is 0 Å². The van der Waals surface area contributed by atoms with Crippen molar-refractivity contribution in [3.63, 3.8) is 0 Å². The lowest BCUT2D eigenvalue weighted by molar-refractivity contribution is -0.161. The fraction of sp³-hybridized carbons (Fsp3) is 0.948. The number of phosphoric ester groups is 2. The van der Waals surface area contributed by atoms with Gasteiger partial charge in [0.15, 0.2) is 12.2 Å². The summed E-state index contributed by atoms with van der Waals surface area (Å²) in [6.07, 6.45) is 54.0. The molecule has 0 rings (SSSR count). The van der Waals surface area contributed by atoms with E-state index in [1.54, 1.807) is 0 Å². The smallest absolute Gasteiger partial charge is 0.462 e. The second-order valence-electron chi connectivity index (χ2n) is 28.9. The van der Waals surface area contributed by atoms with Crippen LogP contribution in [0.25, 0.3) is 0 Å². The summed E-state index contributed by atoms with van der Waals surface area (Å²) >= 11 is 0. The van der Waals surface area contributed by atoms with Gasteiger partial charge >= 0.3 is 39.5 Å². The minimum Gasteiger partial charge on any atom is -0.462 e. The SMILES string of the molecule is CCCCCCCCCCCCCCCC(=O)O[C@H](COC(=O)CCCCCCCCCCC(C)C)COP(=O)(O)OC[C@H](O)COP(=O)(O)OC[C@@H](COC(=O)CCCCCCCCCCCCCC(C)C)OC(=O)CCCCCCCCCCCCCCCCC(C)CC. The average Bonchev–Trinajstić information content (AvgIpc) is 2.69. The van der Waals surface area contributed by atoms with Gasteiger partial charge in [-0.25, -0.2) is 9.13 Å². The summed E-state index contributed by atoms with van der Waals surface area (Å²) < 4.78 is 68.6. The number of hydrogen-bond donors (Lipinski definition) is 3. The van der Waals surface area contributed by atoms with E-state index in [9.17, 15) is 43.2 Å². The van der Waals surface area contributed by atoms with Gasteiger partial charge in [-0.05, 0) is 43.4 Å². The van der Waals surface area contributed by atoms with Crippen molar-refractivity contribution in [2.75, 3.05) is 39.6 Å². The number of esters is 4. The normalized spacial score (nSPS) is 14.3. The quantitative estimate of drug-likeness (QED) is 0.0222. The Balaban J connectivity index is 5.26. The molecule has 0 fully saturated rings.